The molecule has 1 aliphatic carbocycles. The highest BCUT2D eigenvalue weighted by Crippen LogP contribution is 2.52. The first-order chi connectivity index (χ1) is 12.6. The zero-order chi connectivity index (χ0) is 19.8. The van der Waals surface area contributed by atoms with Crippen molar-refractivity contribution in [2.45, 2.75) is 72.4 Å². The average Bonchev–Trinajstić information content (AvgIpc) is 2.83. The Labute approximate surface area is 163 Å². The third kappa shape index (κ3) is 4.53. The highest BCUT2D eigenvalue weighted by molar-refractivity contribution is 5.89. The minimum atomic E-state index is -0.492. The SMILES string of the molecule is CC(C)C(=O)NC(Cc1ccccc1)C(=O)N1CC2(C)CC1CC(C)(C)C2. The Bertz CT molecular complexity index is 698. The van der Waals surface area contributed by atoms with Crippen LogP contribution in [0.5, 0.6) is 0 Å². The lowest BCUT2D eigenvalue weighted by Crippen LogP contribution is -2.52. The van der Waals surface area contributed by atoms with Crippen LogP contribution in [0.2, 0.25) is 0 Å². The summed E-state index contributed by atoms with van der Waals surface area (Å²) in [6.07, 6.45) is 3.83. The van der Waals surface area contributed by atoms with Gasteiger partial charge in [-0.3, -0.25) is 9.59 Å². The van der Waals surface area contributed by atoms with Gasteiger partial charge in [0.15, 0.2) is 0 Å². The quantitative estimate of drug-likeness (QED) is 0.857. The Morgan fingerprint density at radius 3 is 2.44 bits per heavy atom. The zero-order valence-corrected chi connectivity index (χ0v) is 17.4. The van der Waals surface area contributed by atoms with Gasteiger partial charge in [-0.25, -0.2) is 0 Å². The second-order valence-corrected chi connectivity index (χ2v) is 10.1. The van der Waals surface area contributed by atoms with E-state index in [-0.39, 0.29) is 28.6 Å². The monoisotopic (exact) mass is 370 g/mol. The molecule has 148 valence electrons. The predicted molar refractivity (Wildman–Crippen MR) is 108 cm³/mol. The van der Waals surface area contributed by atoms with Crippen LogP contribution in [-0.4, -0.2) is 35.3 Å². The van der Waals surface area contributed by atoms with Gasteiger partial charge in [-0.1, -0.05) is 65.0 Å². The summed E-state index contributed by atoms with van der Waals surface area (Å²) in [4.78, 5) is 28.0. The van der Waals surface area contributed by atoms with Crippen LogP contribution in [0.25, 0.3) is 0 Å². The Morgan fingerprint density at radius 2 is 1.81 bits per heavy atom. The zero-order valence-electron chi connectivity index (χ0n) is 17.4. The minimum Gasteiger partial charge on any atom is -0.344 e. The number of rotatable bonds is 5. The number of likely N-dealkylation sites (tertiary alicyclic amines) is 1. The first-order valence-electron chi connectivity index (χ1n) is 10.2. The van der Waals surface area contributed by atoms with E-state index in [0.29, 0.717) is 12.5 Å². The van der Waals surface area contributed by atoms with Gasteiger partial charge in [-0.2, -0.15) is 0 Å². The first kappa shape index (κ1) is 19.9. The van der Waals surface area contributed by atoms with E-state index in [1.807, 2.05) is 44.2 Å². The summed E-state index contributed by atoms with van der Waals surface area (Å²) in [5, 5.41) is 3.02. The Balaban J connectivity index is 1.81. The summed E-state index contributed by atoms with van der Waals surface area (Å²) in [7, 11) is 0. The van der Waals surface area contributed by atoms with Crippen molar-refractivity contribution >= 4 is 11.8 Å². The molecule has 1 aromatic carbocycles. The van der Waals surface area contributed by atoms with E-state index in [4.69, 9.17) is 0 Å². The topological polar surface area (TPSA) is 49.4 Å². The van der Waals surface area contributed by atoms with Gasteiger partial charge >= 0.3 is 0 Å². The molecule has 2 bridgehead atoms. The number of benzene rings is 1. The van der Waals surface area contributed by atoms with Crippen molar-refractivity contribution in [3.8, 4) is 0 Å². The van der Waals surface area contributed by atoms with Crippen LogP contribution in [-0.2, 0) is 16.0 Å². The third-order valence-electron chi connectivity index (χ3n) is 6.12. The van der Waals surface area contributed by atoms with Crippen LogP contribution in [0, 0.1) is 16.7 Å². The molecule has 3 unspecified atom stereocenters. The molecule has 3 atom stereocenters. The van der Waals surface area contributed by atoms with Crippen molar-refractivity contribution in [2.75, 3.05) is 6.54 Å². The Morgan fingerprint density at radius 1 is 1.15 bits per heavy atom. The molecule has 1 saturated carbocycles. The van der Waals surface area contributed by atoms with Crippen LogP contribution in [0.1, 0.15) is 59.4 Å². The van der Waals surface area contributed by atoms with Gasteiger partial charge in [0.05, 0.1) is 0 Å². The molecule has 1 heterocycles. The second-order valence-electron chi connectivity index (χ2n) is 10.1. The summed E-state index contributed by atoms with van der Waals surface area (Å²) in [6.45, 7) is 11.5. The lowest BCUT2D eigenvalue weighted by Gasteiger charge is -2.39. The maximum atomic E-state index is 13.5. The molecular weight excluding hydrogens is 336 g/mol. The molecule has 27 heavy (non-hydrogen) atoms. The number of nitrogens with zero attached hydrogens (tertiary/aromatic N) is 1. The van der Waals surface area contributed by atoms with E-state index < -0.39 is 6.04 Å². The normalized spacial score (nSPS) is 27.5. The van der Waals surface area contributed by atoms with Crippen molar-refractivity contribution in [3.63, 3.8) is 0 Å². The van der Waals surface area contributed by atoms with Gasteiger partial charge in [-0.15, -0.1) is 0 Å². The van der Waals surface area contributed by atoms with E-state index in [1.165, 1.54) is 0 Å². The lowest BCUT2D eigenvalue weighted by atomic mass is 9.65. The highest BCUT2D eigenvalue weighted by atomic mass is 16.2. The van der Waals surface area contributed by atoms with E-state index in [1.54, 1.807) is 0 Å². The number of hydrogen-bond acceptors (Lipinski definition) is 2. The number of fused-ring (bicyclic) bond motifs is 2. The molecule has 2 aliphatic rings. The Kier molecular flexibility index (Phi) is 5.38. The van der Waals surface area contributed by atoms with E-state index in [9.17, 15) is 9.59 Å². The van der Waals surface area contributed by atoms with Crippen molar-refractivity contribution in [2.24, 2.45) is 16.7 Å². The van der Waals surface area contributed by atoms with Gasteiger partial charge in [0, 0.05) is 24.9 Å². The van der Waals surface area contributed by atoms with Crippen molar-refractivity contribution < 1.29 is 9.59 Å². The molecule has 1 saturated heterocycles. The largest absolute Gasteiger partial charge is 0.344 e. The summed E-state index contributed by atoms with van der Waals surface area (Å²) in [6, 6.07) is 9.78. The highest BCUT2D eigenvalue weighted by Gasteiger charge is 2.51. The number of carbonyl (C=O) groups excluding carboxylic acids is 2. The standard InChI is InChI=1S/C23H34N2O2/c1-16(2)20(26)24-19(11-17-9-7-6-8-10-17)21(27)25-15-23(5)13-18(25)12-22(3,4)14-23/h6-10,16,18-19H,11-15H2,1-5H3,(H,24,26). The fraction of sp³-hybridized carbons (Fsp3) is 0.652. The molecule has 0 radical (unpaired) electrons. The number of hydrogen-bond donors (Lipinski definition) is 1. The smallest absolute Gasteiger partial charge is 0.245 e. The molecule has 1 aliphatic heterocycles. The maximum Gasteiger partial charge on any atom is 0.245 e. The fourth-order valence-corrected chi connectivity index (χ4v) is 5.31. The van der Waals surface area contributed by atoms with Gasteiger partial charge in [0.25, 0.3) is 0 Å². The second kappa shape index (κ2) is 7.29. The predicted octanol–water partition coefficient (Wildman–Crippen LogP) is 3.80. The molecule has 0 aromatic heterocycles. The van der Waals surface area contributed by atoms with Gasteiger partial charge < -0.3 is 10.2 Å². The Hall–Kier alpha value is -1.84. The number of nitrogens with one attached hydrogen (secondary N) is 1. The number of carbonyl (C=O) groups is 2. The van der Waals surface area contributed by atoms with Gasteiger partial charge in [0.2, 0.25) is 11.8 Å². The molecule has 4 nitrogen and oxygen atoms in total. The van der Waals surface area contributed by atoms with E-state index in [2.05, 4.69) is 31.0 Å². The van der Waals surface area contributed by atoms with Crippen LogP contribution in [0.3, 0.4) is 0 Å². The summed E-state index contributed by atoms with van der Waals surface area (Å²) < 4.78 is 0. The molecular formula is C23H34N2O2. The van der Waals surface area contributed by atoms with Crippen LogP contribution >= 0.6 is 0 Å². The van der Waals surface area contributed by atoms with Crippen molar-refractivity contribution in [1.82, 2.24) is 10.2 Å². The maximum absolute atomic E-state index is 13.5. The molecule has 4 heteroatoms. The molecule has 1 aromatic rings. The van der Waals surface area contributed by atoms with Gasteiger partial charge in [-0.05, 0) is 35.7 Å². The molecule has 1 N–H and O–H groups in total. The summed E-state index contributed by atoms with van der Waals surface area (Å²) in [5.74, 6) is -0.109. The van der Waals surface area contributed by atoms with E-state index in [0.717, 1.165) is 31.4 Å². The molecule has 2 amide bonds. The van der Waals surface area contributed by atoms with Crippen LogP contribution in [0.4, 0.5) is 0 Å². The van der Waals surface area contributed by atoms with Crippen LogP contribution in [0.15, 0.2) is 30.3 Å². The average molecular weight is 371 g/mol. The fourth-order valence-electron chi connectivity index (χ4n) is 5.31. The number of amides is 2. The minimum absolute atomic E-state index is 0.0574. The van der Waals surface area contributed by atoms with Crippen molar-refractivity contribution in [3.05, 3.63) is 35.9 Å². The third-order valence-corrected chi connectivity index (χ3v) is 6.12. The summed E-state index contributed by atoms with van der Waals surface area (Å²) in [5.41, 5.74) is 1.54. The molecule has 2 fully saturated rings. The van der Waals surface area contributed by atoms with E-state index >= 15 is 0 Å². The first-order valence-corrected chi connectivity index (χ1v) is 10.2. The van der Waals surface area contributed by atoms with Crippen LogP contribution < -0.4 is 5.32 Å². The summed E-state index contributed by atoms with van der Waals surface area (Å²) >= 11 is 0. The molecule has 0 spiro atoms. The van der Waals surface area contributed by atoms with Gasteiger partial charge in [0.1, 0.15) is 6.04 Å². The molecule has 3 rings (SSSR count). The van der Waals surface area contributed by atoms with Crippen molar-refractivity contribution in [1.29, 1.82) is 0 Å². The lowest BCUT2D eigenvalue weighted by molar-refractivity contribution is -0.138.